The molecule has 0 heterocycles. The lowest BCUT2D eigenvalue weighted by Gasteiger charge is -2.14. The SMILES string of the molecule is CC(=O)CC(C)c1ccc(-c2ccc(C)cc2)cc1C.CCCC.CCCCCC(O)OCCC.N#CCNC=O. The minimum absolute atomic E-state index is 0.101. The molecular weight excluding hydrogens is 512 g/mol. The highest BCUT2D eigenvalue weighted by molar-refractivity contribution is 5.76. The van der Waals surface area contributed by atoms with E-state index in [0.29, 0.717) is 25.4 Å². The maximum Gasteiger partial charge on any atom is 0.207 e. The summed E-state index contributed by atoms with van der Waals surface area (Å²) in [5.41, 5.74) is 6.29. The summed E-state index contributed by atoms with van der Waals surface area (Å²) in [7, 11) is 0. The third kappa shape index (κ3) is 22.4. The molecule has 0 saturated carbocycles. The molecule has 0 aliphatic carbocycles. The van der Waals surface area contributed by atoms with Gasteiger partial charge < -0.3 is 20.0 Å². The smallest absolute Gasteiger partial charge is 0.207 e. The second-order valence-corrected chi connectivity index (χ2v) is 10.2. The summed E-state index contributed by atoms with van der Waals surface area (Å²) < 4.78 is 5.09. The molecule has 1 amide bonds. The lowest BCUT2D eigenvalue weighted by atomic mass is 9.90. The predicted octanol–water partition coefficient (Wildman–Crippen LogP) is 8.43. The van der Waals surface area contributed by atoms with Crippen LogP contribution in [-0.2, 0) is 14.3 Å². The van der Waals surface area contributed by atoms with Gasteiger partial charge in [-0.2, -0.15) is 5.26 Å². The van der Waals surface area contributed by atoms with E-state index in [1.54, 1.807) is 13.0 Å². The summed E-state index contributed by atoms with van der Waals surface area (Å²) >= 11 is 0. The van der Waals surface area contributed by atoms with Gasteiger partial charge in [-0.05, 0) is 68.2 Å². The molecule has 0 aromatic heterocycles. The number of aliphatic hydroxyl groups excluding tert-OH is 1. The Labute approximate surface area is 250 Å². The lowest BCUT2D eigenvalue weighted by Crippen LogP contribution is -2.11. The number of rotatable bonds is 14. The van der Waals surface area contributed by atoms with Crippen LogP contribution in [0, 0.1) is 25.2 Å². The van der Waals surface area contributed by atoms with Crippen LogP contribution < -0.4 is 5.32 Å². The standard InChI is InChI=1S/C19H22O.C9H20O2.C4H10.C3H4N2O/c1-13-5-7-17(8-6-13)18-9-10-19(15(3)12-18)14(2)11-16(4)20;1-3-5-6-7-9(10)11-8-4-2;1-3-4-2;4-1-2-5-3-6/h5-10,12,14H,11H2,1-4H3;9-10H,3-8H2,1-2H3;3-4H2,1-2H3;3H,2H2,(H,5,6). The van der Waals surface area contributed by atoms with Crippen molar-refractivity contribution in [3.05, 3.63) is 59.2 Å². The largest absolute Gasteiger partial charge is 0.368 e. The van der Waals surface area contributed by atoms with E-state index in [9.17, 15) is 14.7 Å². The van der Waals surface area contributed by atoms with Crippen molar-refractivity contribution in [3.8, 4) is 17.2 Å². The topological polar surface area (TPSA) is 99.4 Å². The van der Waals surface area contributed by atoms with Gasteiger partial charge in [0.1, 0.15) is 12.3 Å². The first-order valence-corrected chi connectivity index (χ1v) is 15.1. The Morgan fingerprint density at radius 3 is 2.02 bits per heavy atom. The van der Waals surface area contributed by atoms with E-state index in [4.69, 9.17) is 10.00 Å². The molecule has 0 fully saturated rings. The highest BCUT2D eigenvalue weighted by Crippen LogP contribution is 2.28. The fourth-order valence-electron chi connectivity index (χ4n) is 3.69. The summed E-state index contributed by atoms with van der Waals surface area (Å²) in [5.74, 6) is 0.541. The number of nitrogens with one attached hydrogen (secondary N) is 1. The molecular formula is C35H56N2O4. The van der Waals surface area contributed by atoms with Gasteiger partial charge in [0.05, 0.1) is 6.07 Å². The summed E-state index contributed by atoms with van der Waals surface area (Å²) in [6, 6.07) is 16.8. The maximum atomic E-state index is 11.3. The summed E-state index contributed by atoms with van der Waals surface area (Å²) in [5, 5.41) is 19.1. The fourth-order valence-corrected chi connectivity index (χ4v) is 3.69. The van der Waals surface area contributed by atoms with Crippen LogP contribution in [0.5, 0.6) is 0 Å². The van der Waals surface area contributed by atoms with E-state index in [-0.39, 0.29) is 12.3 Å². The highest BCUT2D eigenvalue weighted by Gasteiger charge is 2.11. The Hall–Kier alpha value is -3.01. The number of carbonyl (C=O) groups excluding carboxylic acids is 2. The van der Waals surface area contributed by atoms with Crippen molar-refractivity contribution in [1.82, 2.24) is 5.32 Å². The molecule has 2 aromatic carbocycles. The Balaban J connectivity index is 0. The first kappa shape index (κ1) is 40.1. The number of nitrogens with zero attached hydrogens (tertiary/aromatic N) is 1. The fraction of sp³-hybridized carbons (Fsp3) is 0.571. The minimum atomic E-state index is -0.526. The van der Waals surface area contributed by atoms with Crippen molar-refractivity contribution >= 4 is 12.2 Å². The van der Waals surface area contributed by atoms with Crippen molar-refractivity contribution in [1.29, 1.82) is 5.26 Å². The maximum absolute atomic E-state index is 11.3. The van der Waals surface area contributed by atoms with Gasteiger partial charge in [0, 0.05) is 13.0 Å². The van der Waals surface area contributed by atoms with Crippen LogP contribution in [-0.4, -0.2) is 36.7 Å². The van der Waals surface area contributed by atoms with E-state index in [2.05, 4.69) is 89.3 Å². The van der Waals surface area contributed by atoms with Crippen LogP contribution in [0.1, 0.15) is 116 Å². The monoisotopic (exact) mass is 568 g/mol. The Morgan fingerprint density at radius 2 is 1.59 bits per heavy atom. The number of unbranched alkanes of at least 4 members (excludes halogenated alkanes) is 3. The first-order chi connectivity index (χ1) is 19.6. The summed E-state index contributed by atoms with van der Waals surface area (Å²) in [6.45, 7) is 17.3. The van der Waals surface area contributed by atoms with Crippen LogP contribution in [0.15, 0.2) is 42.5 Å². The molecule has 0 radical (unpaired) electrons. The second kappa shape index (κ2) is 27.2. The molecule has 0 bridgehead atoms. The second-order valence-electron chi connectivity index (χ2n) is 10.2. The Morgan fingerprint density at radius 1 is 0.976 bits per heavy atom. The van der Waals surface area contributed by atoms with Gasteiger partial charge in [-0.1, -0.05) is 108 Å². The quantitative estimate of drug-likeness (QED) is 0.103. The molecule has 2 N–H and O–H groups in total. The van der Waals surface area contributed by atoms with E-state index in [0.717, 1.165) is 19.3 Å². The van der Waals surface area contributed by atoms with Crippen LogP contribution >= 0.6 is 0 Å². The molecule has 2 aromatic rings. The zero-order valence-electron chi connectivity index (χ0n) is 27.0. The highest BCUT2D eigenvalue weighted by atomic mass is 16.6. The van der Waals surface area contributed by atoms with Crippen molar-refractivity contribution in [2.24, 2.45) is 0 Å². The molecule has 0 aliphatic rings. The molecule has 6 nitrogen and oxygen atoms in total. The van der Waals surface area contributed by atoms with E-state index >= 15 is 0 Å². The molecule has 6 heteroatoms. The molecule has 230 valence electrons. The number of Topliss-reactive ketones (excluding diaryl/α,β-unsaturated/α-hetero) is 1. The predicted molar refractivity (Wildman–Crippen MR) is 172 cm³/mol. The molecule has 0 saturated heterocycles. The number of ketones is 1. The number of benzene rings is 2. The van der Waals surface area contributed by atoms with Gasteiger partial charge in [0.25, 0.3) is 0 Å². The van der Waals surface area contributed by atoms with E-state index in [1.807, 2.05) is 6.92 Å². The van der Waals surface area contributed by atoms with Gasteiger partial charge in [0.15, 0.2) is 6.29 Å². The van der Waals surface area contributed by atoms with Gasteiger partial charge in [-0.15, -0.1) is 0 Å². The molecule has 0 spiro atoms. The number of nitriles is 1. The Kier molecular flexibility index (Phi) is 26.6. The molecule has 41 heavy (non-hydrogen) atoms. The van der Waals surface area contributed by atoms with Crippen molar-refractivity contribution in [2.75, 3.05) is 13.2 Å². The van der Waals surface area contributed by atoms with Gasteiger partial charge >= 0.3 is 0 Å². The first-order valence-electron chi connectivity index (χ1n) is 15.1. The van der Waals surface area contributed by atoms with Crippen molar-refractivity contribution < 1.29 is 19.4 Å². The summed E-state index contributed by atoms with van der Waals surface area (Å²) in [4.78, 5) is 20.6. The number of hydrogen-bond donors (Lipinski definition) is 2. The number of hydrogen-bond acceptors (Lipinski definition) is 5. The average molecular weight is 569 g/mol. The van der Waals surface area contributed by atoms with E-state index in [1.165, 1.54) is 53.5 Å². The van der Waals surface area contributed by atoms with Crippen LogP contribution in [0.4, 0.5) is 0 Å². The third-order valence-corrected chi connectivity index (χ3v) is 6.11. The van der Waals surface area contributed by atoms with E-state index < -0.39 is 6.29 Å². The Bertz CT molecular complexity index is 965. The van der Waals surface area contributed by atoms with Crippen LogP contribution in [0.3, 0.4) is 0 Å². The molecule has 2 rings (SSSR count). The third-order valence-electron chi connectivity index (χ3n) is 6.11. The van der Waals surface area contributed by atoms with Gasteiger partial charge in [-0.25, -0.2) is 0 Å². The number of carbonyl (C=O) groups is 2. The number of aliphatic hydroxyl groups is 1. The zero-order valence-corrected chi connectivity index (χ0v) is 27.0. The van der Waals surface area contributed by atoms with Crippen molar-refractivity contribution in [3.63, 3.8) is 0 Å². The average Bonchev–Trinajstić information content (AvgIpc) is 2.95. The van der Waals surface area contributed by atoms with Crippen LogP contribution in [0.2, 0.25) is 0 Å². The number of aryl methyl sites for hydroxylation is 2. The normalized spacial score (nSPS) is 11.1. The summed E-state index contributed by atoms with van der Waals surface area (Å²) in [6.07, 6.45) is 8.43. The number of amides is 1. The van der Waals surface area contributed by atoms with Crippen molar-refractivity contribution in [2.45, 2.75) is 119 Å². The van der Waals surface area contributed by atoms with Gasteiger partial charge in [0.2, 0.25) is 6.41 Å². The molecule has 2 atom stereocenters. The molecule has 2 unspecified atom stereocenters. The molecule has 0 aliphatic heterocycles. The minimum Gasteiger partial charge on any atom is -0.368 e. The number of ether oxygens (including phenoxy) is 1. The van der Waals surface area contributed by atoms with Crippen LogP contribution in [0.25, 0.3) is 11.1 Å². The zero-order chi connectivity index (χ0) is 31.5. The lowest BCUT2D eigenvalue weighted by molar-refractivity contribution is -0.117. The van der Waals surface area contributed by atoms with Gasteiger partial charge in [-0.3, -0.25) is 4.79 Å².